The molecule has 0 saturated carbocycles. The number of hydrogen-bond acceptors (Lipinski definition) is 4. The molecule has 0 aromatic heterocycles. The molecule has 0 spiro atoms. The van der Waals surface area contributed by atoms with Gasteiger partial charge in [0.05, 0.1) is 12.3 Å². The lowest BCUT2D eigenvalue weighted by atomic mass is 10.2. The number of thioether (sulfide) groups is 2. The van der Waals surface area contributed by atoms with Crippen molar-refractivity contribution in [1.82, 2.24) is 5.32 Å². The van der Waals surface area contributed by atoms with E-state index in [9.17, 15) is 4.79 Å². The Labute approximate surface area is 120 Å². The zero-order chi connectivity index (χ0) is 12.8. The van der Waals surface area contributed by atoms with Crippen LogP contribution in [-0.2, 0) is 11.3 Å². The molecular weight excluding hydrogens is 288 g/mol. The molecule has 18 heavy (non-hydrogen) atoms. The van der Waals surface area contributed by atoms with Crippen LogP contribution in [0.3, 0.4) is 0 Å². The summed E-state index contributed by atoms with van der Waals surface area (Å²) in [5.74, 6) is 1.50. The van der Waals surface area contributed by atoms with Gasteiger partial charge in [0.15, 0.2) is 0 Å². The van der Waals surface area contributed by atoms with Crippen LogP contribution >= 0.6 is 35.1 Å². The van der Waals surface area contributed by atoms with Gasteiger partial charge in [-0.2, -0.15) is 0 Å². The largest absolute Gasteiger partial charge is 0.351 e. The average molecular weight is 301 g/mol. The zero-order valence-electron chi connectivity index (χ0n) is 9.69. The summed E-state index contributed by atoms with van der Waals surface area (Å²) in [7, 11) is 0. The lowest BCUT2D eigenvalue weighted by Gasteiger charge is -2.05. The first-order chi connectivity index (χ1) is 8.74. The van der Waals surface area contributed by atoms with Gasteiger partial charge in [0.25, 0.3) is 0 Å². The second kappa shape index (κ2) is 7.07. The number of amides is 1. The highest BCUT2D eigenvalue weighted by Gasteiger charge is 2.10. The molecular formula is C12H13ClN2OS2. The van der Waals surface area contributed by atoms with Crippen LogP contribution in [0.2, 0.25) is 5.02 Å². The number of nitrogens with zero attached hydrogens (tertiary/aromatic N) is 1. The van der Waals surface area contributed by atoms with Crippen molar-refractivity contribution >= 4 is 45.4 Å². The number of nitrogens with one attached hydrogen (secondary N) is 1. The first-order valence-electron chi connectivity index (χ1n) is 5.55. The predicted octanol–water partition coefficient (Wildman–Crippen LogP) is 2.79. The number of hydrogen-bond donors (Lipinski definition) is 1. The van der Waals surface area contributed by atoms with Crippen molar-refractivity contribution in [3.8, 4) is 0 Å². The number of halogens is 1. The minimum atomic E-state index is 0.0325. The minimum Gasteiger partial charge on any atom is -0.351 e. The van der Waals surface area contributed by atoms with E-state index in [-0.39, 0.29) is 5.91 Å². The molecule has 1 amide bonds. The number of benzene rings is 1. The van der Waals surface area contributed by atoms with Gasteiger partial charge in [-0.3, -0.25) is 9.79 Å². The highest BCUT2D eigenvalue weighted by atomic mass is 35.5. The van der Waals surface area contributed by atoms with E-state index in [1.165, 1.54) is 11.8 Å². The maximum absolute atomic E-state index is 11.6. The highest BCUT2D eigenvalue weighted by molar-refractivity contribution is 8.39. The summed E-state index contributed by atoms with van der Waals surface area (Å²) in [6.45, 7) is 1.41. The van der Waals surface area contributed by atoms with Crippen LogP contribution < -0.4 is 5.32 Å². The smallest absolute Gasteiger partial charge is 0.230 e. The Morgan fingerprint density at radius 1 is 1.44 bits per heavy atom. The van der Waals surface area contributed by atoms with Gasteiger partial charge in [0.1, 0.15) is 4.38 Å². The summed E-state index contributed by atoms with van der Waals surface area (Å²) in [6, 6.07) is 7.46. The van der Waals surface area contributed by atoms with E-state index in [0.29, 0.717) is 17.3 Å². The van der Waals surface area contributed by atoms with Crippen LogP contribution in [0.4, 0.5) is 0 Å². The Morgan fingerprint density at radius 2 is 2.22 bits per heavy atom. The van der Waals surface area contributed by atoms with Gasteiger partial charge < -0.3 is 5.32 Å². The van der Waals surface area contributed by atoms with Crippen molar-refractivity contribution in [3.63, 3.8) is 0 Å². The van der Waals surface area contributed by atoms with Crippen molar-refractivity contribution in [3.05, 3.63) is 34.9 Å². The Hall–Kier alpha value is -0.650. The van der Waals surface area contributed by atoms with Gasteiger partial charge >= 0.3 is 0 Å². The molecule has 2 rings (SSSR count). The number of carbonyl (C=O) groups excluding carboxylic acids is 1. The van der Waals surface area contributed by atoms with E-state index in [1.807, 2.05) is 24.3 Å². The number of aliphatic imine (C=N–C) groups is 1. The summed E-state index contributed by atoms with van der Waals surface area (Å²) in [5.41, 5.74) is 1.05. The number of rotatable bonds is 4. The van der Waals surface area contributed by atoms with Gasteiger partial charge in [-0.05, 0) is 17.7 Å². The Bertz CT molecular complexity index is 448. The predicted molar refractivity (Wildman–Crippen MR) is 80.5 cm³/mol. The molecule has 0 radical (unpaired) electrons. The second-order valence-electron chi connectivity index (χ2n) is 3.69. The third-order valence-corrected chi connectivity index (χ3v) is 4.79. The normalized spacial score (nSPS) is 14.4. The third-order valence-electron chi connectivity index (χ3n) is 2.29. The SMILES string of the molecule is O=C(CSC1=NCCS1)NCc1ccc(Cl)cc1. The molecule has 0 bridgehead atoms. The minimum absolute atomic E-state index is 0.0325. The molecule has 0 aliphatic carbocycles. The monoisotopic (exact) mass is 300 g/mol. The van der Waals surface area contributed by atoms with Crippen molar-refractivity contribution in [2.75, 3.05) is 18.1 Å². The molecule has 96 valence electrons. The Balaban J connectivity index is 1.69. The van der Waals surface area contributed by atoms with Crippen molar-refractivity contribution in [2.24, 2.45) is 4.99 Å². The Morgan fingerprint density at radius 3 is 2.89 bits per heavy atom. The zero-order valence-corrected chi connectivity index (χ0v) is 12.1. The van der Waals surface area contributed by atoms with Crippen LogP contribution in [0, 0.1) is 0 Å². The standard InChI is InChI=1S/C12H13ClN2OS2/c13-10-3-1-9(2-4-10)7-15-11(16)8-18-12-14-5-6-17-12/h1-4H,5-8H2,(H,15,16). The molecule has 6 heteroatoms. The van der Waals surface area contributed by atoms with E-state index in [4.69, 9.17) is 11.6 Å². The lowest BCUT2D eigenvalue weighted by molar-refractivity contribution is -0.118. The summed E-state index contributed by atoms with van der Waals surface area (Å²) >= 11 is 9.02. The molecule has 1 aromatic carbocycles. The fourth-order valence-electron chi connectivity index (χ4n) is 1.38. The van der Waals surface area contributed by atoms with Crippen LogP contribution in [0.5, 0.6) is 0 Å². The van der Waals surface area contributed by atoms with Crippen molar-refractivity contribution in [1.29, 1.82) is 0 Å². The topological polar surface area (TPSA) is 41.5 Å². The van der Waals surface area contributed by atoms with Gasteiger partial charge in [0.2, 0.25) is 5.91 Å². The van der Waals surface area contributed by atoms with Crippen LogP contribution in [0.25, 0.3) is 0 Å². The van der Waals surface area contributed by atoms with E-state index >= 15 is 0 Å². The fourth-order valence-corrected chi connectivity index (χ4v) is 3.35. The lowest BCUT2D eigenvalue weighted by Crippen LogP contribution is -2.24. The van der Waals surface area contributed by atoms with Crippen LogP contribution in [0.15, 0.2) is 29.3 Å². The molecule has 1 aromatic rings. The van der Waals surface area contributed by atoms with Gasteiger partial charge in [-0.1, -0.05) is 47.3 Å². The van der Waals surface area contributed by atoms with Gasteiger partial charge in [-0.25, -0.2) is 0 Å². The van der Waals surface area contributed by atoms with E-state index in [0.717, 1.165) is 22.2 Å². The highest BCUT2D eigenvalue weighted by Crippen LogP contribution is 2.21. The molecule has 1 N–H and O–H groups in total. The van der Waals surface area contributed by atoms with E-state index < -0.39 is 0 Å². The first kappa shape index (κ1) is 13.8. The van der Waals surface area contributed by atoms with Gasteiger partial charge in [0, 0.05) is 17.3 Å². The molecule has 1 aliphatic heterocycles. The summed E-state index contributed by atoms with van der Waals surface area (Å²) < 4.78 is 1.02. The second-order valence-corrected chi connectivity index (χ2v) is 6.43. The van der Waals surface area contributed by atoms with Crippen molar-refractivity contribution < 1.29 is 4.79 Å². The number of carbonyl (C=O) groups is 1. The summed E-state index contributed by atoms with van der Waals surface area (Å²) in [4.78, 5) is 15.9. The van der Waals surface area contributed by atoms with Crippen molar-refractivity contribution in [2.45, 2.75) is 6.54 Å². The van der Waals surface area contributed by atoms with Crippen LogP contribution in [-0.4, -0.2) is 28.3 Å². The molecule has 0 saturated heterocycles. The molecule has 0 fully saturated rings. The van der Waals surface area contributed by atoms with E-state index in [2.05, 4.69) is 10.3 Å². The fraction of sp³-hybridized carbons (Fsp3) is 0.333. The first-order valence-corrected chi connectivity index (χ1v) is 7.90. The molecule has 3 nitrogen and oxygen atoms in total. The molecule has 0 atom stereocenters. The summed E-state index contributed by atoms with van der Waals surface area (Å²) in [5, 5.41) is 3.58. The molecule has 1 heterocycles. The Kier molecular flexibility index (Phi) is 5.41. The quantitative estimate of drug-likeness (QED) is 0.929. The average Bonchev–Trinajstić information content (AvgIpc) is 2.89. The maximum atomic E-state index is 11.6. The maximum Gasteiger partial charge on any atom is 0.230 e. The molecule has 1 aliphatic rings. The summed E-state index contributed by atoms with van der Waals surface area (Å²) in [6.07, 6.45) is 0. The molecule has 0 unspecified atom stereocenters. The van der Waals surface area contributed by atoms with E-state index in [1.54, 1.807) is 11.8 Å². The third kappa shape index (κ3) is 4.55. The van der Waals surface area contributed by atoms with Crippen LogP contribution in [0.1, 0.15) is 5.56 Å². The van der Waals surface area contributed by atoms with Gasteiger partial charge in [-0.15, -0.1) is 0 Å².